The van der Waals surface area contributed by atoms with Crippen LogP contribution in [0.15, 0.2) is 53.3 Å². The number of para-hydroxylation sites is 2. The first-order chi connectivity index (χ1) is 12.1. The quantitative estimate of drug-likeness (QED) is 0.288. The number of benzene rings is 1. The van der Waals surface area contributed by atoms with Crippen LogP contribution in [0, 0.1) is 0 Å². The molecule has 3 aromatic rings. The van der Waals surface area contributed by atoms with Crippen molar-refractivity contribution in [2.75, 3.05) is 0 Å². The number of nitrogens with zero attached hydrogens (tertiary/aromatic N) is 4. The molecule has 2 aromatic heterocycles. The Morgan fingerprint density at radius 1 is 1.31 bits per heavy atom. The summed E-state index contributed by atoms with van der Waals surface area (Å²) in [4.78, 5) is 33.4. The summed E-state index contributed by atoms with van der Waals surface area (Å²) >= 11 is 1.28. The molecule has 1 fully saturated rings. The van der Waals surface area contributed by atoms with Gasteiger partial charge >= 0.3 is 29.6 Å². The average Bonchev–Trinajstić information content (AvgIpc) is 3.21. The maximum absolute atomic E-state index is 12.3. The van der Waals surface area contributed by atoms with Crippen molar-refractivity contribution in [3.8, 4) is 0 Å². The van der Waals surface area contributed by atoms with Crippen LogP contribution in [0.3, 0.4) is 0 Å². The smallest absolute Gasteiger partial charge is 0.543 e. The van der Waals surface area contributed by atoms with Crippen molar-refractivity contribution in [1.29, 1.82) is 0 Å². The summed E-state index contributed by atoms with van der Waals surface area (Å²) in [5.74, 6) is -1.67. The first-order valence-electron chi connectivity index (χ1n) is 7.48. The van der Waals surface area contributed by atoms with E-state index in [1.807, 2.05) is 34.9 Å². The molecule has 0 saturated carbocycles. The Hall–Kier alpha value is -2.13. The molecule has 0 aliphatic carbocycles. The van der Waals surface area contributed by atoms with E-state index < -0.39 is 5.97 Å². The van der Waals surface area contributed by atoms with Gasteiger partial charge in [-0.05, 0) is 23.6 Å². The number of rotatable bonds is 2. The van der Waals surface area contributed by atoms with Gasteiger partial charge in [0.15, 0.2) is 5.65 Å². The normalized spacial score (nSPS) is 20.1. The largest absolute Gasteiger partial charge is 1.00 e. The molecule has 1 aromatic carbocycles. The second-order valence-corrected chi connectivity index (χ2v) is 6.65. The van der Waals surface area contributed by atoms with Crippen LogP contribution in [0.4, 0.5) is 0 Å². The fourth-order valence-electron chi connectivity index (χ4n) is 3.09. The third-order valence-electron chi connectivity index (χ3n) is 4.26. The zero-order chi connectivity index (χ0) is 17.1. The molecular weight excluding hydrogens is 363 g/mol. The number of carbonyl (C=O) groups is 2. The molecule has 26 heavy (non-hydrogen) atoms. The van der Waals surface area contributed by atoms with E-state index in [4.69, 9.17) is 0 Å². The van der Waals surface area contributed by atoms with Crippen molar-refractivity contribution in [3.63, 3.8) is 0 Å². The number of carbonyl (C=O) groups excluding carboxylic acids is 2. The summed E-state index contributed by atoms with van der Waals surface area (Å²) in [6.45, 7) is 0. The minimum Gasteiger partial charge on any atom is -0.543 e. The molecule has 9 heteroatoms. The molecule has 0 unspecified atom stereocenters. The van der Waals surface area contributed by atoms with Gasteiger partial charge in [0.25, 0.3) is 5.91 Å². The summed E-state index contributed by atoms with van der Waals surface area (Å²) in [5.41, 5.74) is 3.53. The standard InChI is InChI=1S/C17H10N4O3S.Na/c22-15-10(16-21(15)13(8-25-16)17(23)24)5-9-7-20-12-4-2-1-3-11(12)18-6-14(20)19-9;/h1-8,16H,(H,23,24);/q;+1/p-1/b10-5-;/t16-;/m1./s1. The van der Waals surface area contributed by atoms with E-state index in [0.29, 0.717) is 16.9 Å². The van der Waals surface area contributed by atoms with Gasteiger partial charge in [0.2, 0.25) is 0 Å². The maximum atomic E-state index is 12.3. The van der Waals surface area contributed by atoms with Crippen LogP contribution in [0.2, 0.25) is 0 Å². The van der Waals surface area contributed by atoms with Crippen LogP contribution in [0.25, 0.3) is 22.8 Å². The summed E-state index contributed by atoms with van der Waals surface area (Å²) in [5, 5.41) is 12.1. The molecule has 5 rings (SSSR count). The molecule has 1 amide bonds. The first kappa shape index (κ1) is 17.3. The van der Waals surface area contributed by atoms with Crippen molar-refractivity contribution in [3.05, 3.63) is 59.0 Å². The number of hydrogen-bond donors (Lipinski definition) is 0. The van der Waals surface area contributed by atoms with E-state index in [-0.39, 0.29) is 46.5 Å². The molecule has 4 heterocycles. The van der Waals surface area contributed by atoms with Gasteiger partial charge in [0, 0.05) is 6.20 Å². The topological polar surface area (TPSA) is 90.6 Å². The number of imidazole rings is 1. The number of fused-ring (bicyclic) bond motifs is 4. The Morgan fingerprint density at radius 2 is 2.12 bits per heavy atom. The number of amides is 1. The predicted molar refractivity (Wildman–Crippen MR) is 89.8 cm³/mol. The third-order valence-corrected chi connectivity index (χ3v) is 5.34. The van der Waals surface area contributed by atoms with Gasteiger partial charge in [-0.25, -0.2) is 4.98 Å². The van der Waals surface area contributed by atoms with E-state index in [9.17, 15) is 14.7 Å². The summed E-state index contributed by atoms with van der Waals surface area (Å²) in [6.07, 6.45) is 5.22. The van der Waals surface area contributed by atoms with E-state index >= 15 is 0 Å². The van der Waals surface area contributed by atoms with Gasteiger partial charge in [-0.15, -0.1) is 11.8 Å². The number of carboxylic acids is 1. The first-order valence-corrected chi connectivity index (χ1v) is 8.43. The zero-order valence-electron chi connectivity index (χ0n) is 13.6. The monoisotopic (exact) mass is 372 g/mol. The Bertz CT molecular complexity index is 1150. The van der Waals surface area contributed by atoms with E-state index in [1.54, 1.807) is 12.3 Å². The number of aromatic nitrogens is 3. The Morgan fingerprint density at radius 3 is 2.92 bits per heavy atom. The Kier molecular flexibility index (Phi) is 4.15. The molecule has 1 saturated heterocycles. The molecule has 2 aliphatic heterocycles. The van der Waals surface area contributed by atoms with Crippen LogP contribution in [0.1, 0.15) is 5.69 Å². The minimum atomic E-state index is -1.34. The average molecular weight is 372 g/mol. The maximum Gasteiger partial charge on any atom is 1.00 e. The molecule has 1 atom stereocenters. The zero-order valence-corrected chi connectivity index (χ0v) is 16.4. The van der Waals surface area contributed by atoms with E-state index in [0.717, 1.165) is 11.0 Å². The molecular formula is C17H9N4NaO3S. The van der Waals surface area contributed by atoms with Crippen LogP contribution < -0.4 is 34.7 Å². The van der Waals surface area contributed by atoms with Crippen LogP contribution in [0.5, 0.6) is 0 Å². The van der Waals surface area contributed by atoms with E-state index in [1.165, 1.54) is 22.1 Å². The number of aliphatic carboxylic acids is 1. The van der Waals surface area contributed by atoms with Crippen LogP contribution in [-0.4, -0.2) is 36.5 Å². The molecule has 7 nitrogen and oxygen atoms in total. The second-order valence-electron chi connectivity index (χ2n) is 5.69. The molecule has 0 spiro atoms. The van der Waals surface area contributed by atoms with Crippen LogP contribution in [-0.2, 0) is 9.59 Å². The van der Waals surface area contributed by atoms with Crippen LogP contribution >= 0.6 is 11.8 Å². The Balaban J connectivity index is 0.00000168. The molecule has 2 aliphatic rings. The van der Waals surface area contributed by atoms with Gasteiger partial charge < -0.3 is 9.90 Å². The third kappa shape index (κ3) is 2.41. The van der Waals surface area contributed by atoms with Gasteiger partial charge in [-0.1, -0.05) is 12.1 Å². The fourth-order valence-corrected chi connectivity index (χ4v) is 4.20. The molecule has 122 valence electrons. The number of hydrogen-bond acceptors (Lipinski definition) is 6. The van der Waals surface area contributed by atoms with Gasteiger partial charge in [-0.2, -0.15) is 0 Å². The second kappa shape index (κ2) is 6.24. The van der Waals surface area contributed by atoms with Gasteiger partial charge in [0.1, 0.15) is 5.37 Å². The van der Waals surface area contributed by atoms with Crippen molar-refractivity contribution >= 4 is 46.4 Å². The molecule has 0 bridgehead atoms. The Labute approximate surface area is 173 Å². The molecule has 0 N–H and O–H groups in total. The fraction of sp³-hybridized carbons (Fsp3) is 0.0588. The summed E-state index contributed by atoms with van der Waals surface area (Å²) in [6, 6.07) is 7.72. The number of thioether (sulfide) groups is 1. The van der Waals surface area contributed by atoms with Crippen molar-refractivity contribution < 1.29 is 44.3 Å². The van der Waals surface area contributed by atoms with Gasteiger partial charge in [-0.3, -0.25) is 19.1 Å². The summed E-state index contributed by atoms with van der Waals surface area (Å²) in [7, 11) is 0. The SMILES string of the molecule is O=C([O-])C1=CS[C@@H]2/C(=C\c3cn4c(cnc5ccccc54)n3)C(=O)N12.[Na+]. The number of carboxylic acid groups (broad SMARTS) is 1. The molecule has 0 radical (unpaired) electrons. The number of β-lactam (4-membered cyclic amide) rings is 1. The summed E-state index contributed by atoms with van der Waals surface area (Å²) < 4.78 is 1.92. The van der Waals surface area contributed by atoms with Crippen molar-refractivity contribution in [1.82, 2.24) is 19.3 Å². The van der Waals surface area contributed by atoms with Gasteiger partial charge in [0.05, 0.1) is 40.2 Å². The van der Waals surface area contributed by atoms with Crippen molar-refractivity contribution in [2.24, 2.45) is 0 Å². The van der Waals surface area contributed by atoms with Crippen molar-refractivity contribution in [2.45, 2.75) is 5.37 Å². The van der Waals surface area contributed by atoms with E-state index in [2.05, 4.69) is 9.97 Å². The minimum absolute atomic E-state index is 0. The predicted octanol–water partition coefficient (Wildman–Crippen LogP) is -2.22.